The minimum Gasteiger partial charge on any atom is -0.467 e. The topological polar surface area (TPSA) is 72.8 Å². The molecule has 0 aliphatic rings. The summed E-state index contributed by atoms with van der Waals surface area (Å²) in [6.07, 6.45) is 2.50. The van der Waals surface area contributed by atoms with Gasteiger partial charge < -0.3 is 20.2 Å². The second-order valence-electron chi connectivity index (χ2n) is 4.07. The van der Waals surface area contributed by atoms with E-state index in [0.29, 0.717) is 25.7 Å². The Labute approximate surface area is 131 Å². The van der Waals surface area contributed by atoms with Crippen LogP contribution in [0.3, 0.4) is 0 Å². The molecule has 0 aromatic carbocycles. The number of hydrogen-bond donors (Lipinski definition) is 2. The highest BCUT2D eigenvalue weighted by atomic mass is 127. The van der Waals surface area contributed by atoms with Crippen molar-refractivity contribution >= 4 is 29.9 Å². The van der Waals surface area contributed by atoms with Crippen molar-refractivity contribution in [3.63, 3.8) is 0 Å². The van der Waals surface area contributed by atoms with Gasteiger partial charge in [-0.1, -0.05) is 12.2 Å². The molecule has 0 unspecified atom stereocenters. The zero-order valence-electron chi connectivity index (χ0n) is 11.2. The highest BCUT2D eigenvalue weighted by molar-refractivity contribution is 14.0. The molecule has 0 bridgehead atoms. The van der Waals surface area contributed by atoms with Gasteiger partial charge in [-0.3, -0.25) is 0 Å². The van der Waals surface area contributed by atoms with Gasteiger partial charge in [-0.15, -0.1) is 24.0 Å². The fourth-order valence-electron chi connectivity index (χ4n) is 1.23. The summed E-state index contributed by atoms with van der Waals surface area (Å²) in [4.78, 5) is 4.11. The Morgan fingerprint density at radius 3 is 3.00 bits per heavy atom. The van der Waals surface area contributed by atoms with Crippen molar-refractivity contribution in [1.82, 2.24) is 5.32 Å². The second kappa shape index (κ2) is 10.9. The van der Waals surface area contributed by atoms with Crippen LogP contribution in [-0.2, 0) is 11.3 Å². The molecule has 0 amide bonds. The standard InChI is InChI=1S/C13H21N3O2.HI/c1-11(2)9-16-13(14)15-6-4-7-17-10-12-5-3-8-18-12;/h3,5,8H,1,4,6-7,9-10H2,2H3,(H3,14,15,16);1H. The summed E-state index contributed by atoms with van der Waals surface area (Å²) in [6, 6.07) is 3.74. The minimum absolute atomic E-state index is 0. The number of nitrogens with zero attached hydrogens (tertiary/aromatic N) is 1. The third kappa shape index (κ3) is 9.54. The first-order chi connectivity index (χ1) is 8.68. The van der Waals surface area contributed by atoms with E-state index in [9.17, 15) is 0 Å². The normalized spacial score (nSPS) is 10.9. The van der Waals surface area contributed by atoms with Crippen LogP contribution in [0.25, 0.3) is 0 Å². The van der Waals surface area contributed by atoms with Gasteiger partial charge in [0.2, 0.25) is 0 Å². The summed E-state index contributed by atoms with van der Waals surface area (Å²) >= 11 is 0. The number of guanidine groups is 1. The third-order valence-electron chi connectivity index (χ3n) is 2.12. The van der Waals surface area contributed by atoms with Gasteiger partial charge in [0.25, 0.3) is 0 Å². The van der Waals surface area contributed by atoms with Crippen LogP contribution < -0.4 is 11.1 Å². The van der Waals surface area contributed by atoms with Gasteiger partial charge in [-0.05, 0) is 25.5 Å². The molecule has 1 aromatic rings. The van der Waals surface area contributed by atoms with Gasteiger partial charge in [0.05, 0.1) is 12.8 Å². The fourth-order valence-corrected chi connectivity index (χ4v) is 1.23. The lowest BCUT2D eigenvalue weighted by atomic mass is 10.4. The molecule has 0 atom stereocenters. The Morgan fingerprint density at radius 1 is 1.58 bits per heavy atom. The quantitative estimate of drug-likeness (QED) is 0.239. The molecular formula is C13H22IN3O2. The molecule has 1 rings (SSSR count). The van der Waals surface area contributed by atoms with E-state index in [1.54, 1.807) is 6.26 Å². The van der Waals surface area contributed by atoms with Crippen molar-refractivity contribution in [2.24, 2.45) is 10.7 Å². The van der Waals surface area contributed by atoms with Crippen LogP contribution >= 0.6 is 24.0 Å². The SMILES string of the molecule is C=C(C)CN=C(N)NCCCOCc1ccco1.I. The summed E-state index contributed by atoms with van der Waals surface area (Å²) < 4.78 is 10.6. The van der Waals surface area contributed by atoms with Gasteiger partial charge in [-0.25, -0.2) is 4.99 Å². The summed E-state index contributed by atoms with van der Waals surface area (Å²) in [6.45, 7) is 8.13. The molecule has 1 heterocycles. The van der Waals surface area contributed by atoms with Crippen molar-refractivity contribution in [3.8, 4) is 0 Å². The maximum Gasteiger partial charge on any atom is 0.188 e. The highest BCUT2D eigenvalue weighted by Crippen LogP contribution is 2.01. The van der Waals surface area contributed by atoms with Crippen LogP contribution in [0.15, 0.2) is 40.0 Å². The first-order valence-corrected chi connectivity index (χ1v) is 5.97. The van der Waals surface area contributed by atoms with Gasteiger partial charge in [0, 0.05) is 13.2 Å². The summed E-state index contributed by atoms with van der Waals surface area (Å²) in [7, 11) is 0. The Kier molecular flexibility index (Phi) is 10.3. The van der Waals surface area contributed by atoms with E-state index in [0.717, 1.165) is 24.3 Å². The molecule has 0 radical (unpaired) electrons. The Hall–Kier alpha value is -1.02. The van der Waals surface area contributed by atoms with Crippen molar-refractivity contribution < 1.29 is 9.15 Å². The molecule has 0 saturated carbocycles. The van der Waals surface area contributed by atoms with Gasteiger partial charge in [0.1, 0.15) is 12.4 Å². The number of aliphatic imine (C=N–C) groups is 1. The smallest absolute Gasteiger partial charge is 0.188 e. The van der Waals surface area contributed by atoms with E-state index in [-0.39, 0.29) is 24.0 Å². The highest BCUT2D eigenvalue weighted by Gasteiger charge is 1.96. The third-order valence-corrected chi connectivity index (χ3v) is 2.12. The molecule has 19 heavy (non-hydrogen) atoms. The molecule has 0 saturated heterocycles. The van der Waals surface area contributed by atoms with Crippen LogP contribution in [0.1, 0.15) is 19.1 Å². The van der Waals surface area contributed by atoms with Crippen molar-refractivity contribution in [2.45, 2.75) is 20.0 Å². The number of hydrogen-bond acceptors (Lipinski definition) is 3. The first kappa shape index (κ1) is 18.0. The van der Waals surface area contributed by atoms with Gasteiger partial charge >= 0.3 is 0 Å². The van der Waals surface area contributed by atoms with Crippen LogP contribution in [0, 0.1) is 0 Å². The second-order valence-corrected chi connectivity index (χ2v) is 4.07. The number of halogens is 1. The number of nitrogens with one attached hydrogen (secondary N) is 1. The zero-order chi connectivity index (χ0) is 13.2. The maximum absolute atomic E-state index is 5.66. The lowest BCUT2D eigenvalue weighted by Gasteiger charge is -2.06. The summed E-state index contributed by atoms with van der Waals surface area (Å²) in [5.41, 5.74) is 6.64. The van der Waals surface area contributed by atoms with Crippen LogP contribution in [-0.4, -0.2) is 25.7 Å². The molecule has 1 aromatic heterocycles. The van der Waals surface area contributed by atoms with Crippen molar-refractivity contribution in [3.05, 3.63) is 36.3 Å². The van der Waals surface area contributed by atoms with Crippen LogP contribution in [0.4, 0.5) is 0 Å². The largest absolute Gasteiger partial charge is 0.467 e. The van der Waals surface area contributed by atoms with E-state index in [2.05, 4.69) is 16.9 Å². The lowest BCUT2D eigenvalue weighted by Crippen LogP contribution is -2.33. The summed E-state index contributed by atoms with van der Waals surface area (Å²) in [5, 5.41) is 3.01. The maximum atomic E-state index is 5.66. The van der Waals surface area contributed by atoms with Gasteiger partial charge in [0.15, 0.2) is 5.96 Å². The zero-order valence-corrected chi connectivity index (χ0v) is 13.6. The first-order valence-electron chi connectivity index (χ1n) is 5.97. The van der Waals surface area contributed by atoms with Crippen molar-refractivity contribution in [1.29, 1.82) is 0 Å². The molecule has 0 aliphatic heterocycles. The molecule has 0 aliphatic carbocycles. The summed E-state index contributed by atoms with van der Waals surface area (Å²) in [5.74, 6) is 1.29. The van der Waals surface area contributed by atoms with E-state index in [1.807, 2.05) is 19.1 Å². The molecule has 5 nitrogen and oxygen atoms in total. The predicted molar refractivity (Wildman–Crippen MR) is 87.7 cm³/mol. The van der Waals surface area contributed by atoms with Gasteiger partial charge in [-0.2, -0.15) is 0 Å². The Balaban J connectivity index is 0.00000324. The molecule has 3 N–H and O–H groups in total. The predicted octanol–water partition coefficient (Wildman–Crippen LogP) is 2.28. The lowest BCUT2D eigenvalue weighted by molar-refractivity contribution is 0.105. The monoisotopic (exact) mass is 379 g/mol. The molecule has 0 fully saturated rings. The van der Waals surface area contributed by atoms with Crippen LogP contribution in [0.5, 0.6) is 0 Å². The average Bonchev–Trinajstić information content (AvgIpc) is 2.84. The van der Waals surface area contributed by atoms with E-state index in [4.69, 9.17) is 14.9 Å². The Morgan fingerprint density at radius 2 is 2.37 bits per heavy atom. The minimum atomic E-state index is 0. The Bertz CT molecular complexity index is 377. The molecule has 0 spiro atoms. The van der Waals surface area contributed by atoms with E-state index >= 15 is 0 Å². The number of rotatable bonds is 8. The number of nitrogens with two attached hydrogens (primary N) is 1. The molecular weight excluding hydrogens is 357 g/mol. The van der Waals surface area contributed by atoms with E-state index in [1.165, 1.54) is 0 Å². The number of furan rings is 1. The van der Waals surface area contributed by atoms with Crippen LogP contribution in [0.2, 0.25) is 0 Å². The fraction of sp³-hybridized carbons (Fsp3) is 0.462. The van der Waals surface area contributed by atoms with E-state index < -0.39 is 0 Å². The molecule has 6 heteroatoms. The van der Waals surface area contributed by atoms with Crippen molar-refractivity contribution in [2.75, 3.05) is 19.7 Å². The molecule has 108 valence electrons. The average molecular weight is 379 g/mol. The number of ether oxygens (including phenoxy) is 1.